The number of carbonyl (C=O) groups is 4. The second-order valence-corrected chi connectivity index (χ2v) is 24.7. The highest BCUT2D eigenvalue weighted by atomic mass is 16.7. The first-order valence-corrected chi connectivity index (χ1v) is 29.5. The van der Waals surface area contributed by atoms with Gasteiger partial charge in [0.2, 0.25) is 16.6 Å². The summed E-state index contributed by atoms with van der Waals surface area (Å²) in [6.45, 7) is 24.4. The number of nitrogens with zero attached hydrogens (tertiary/aromatic N) is 3. The third kappa shape index (κ3) is 12.6. The number of esters is 1. The Kier molecular flexibility index (Phi) is 19.5. The Morgan fingerprint density at radius 2 is 1.62 bits per heavy atom. The van der Waals surface area contributed by atoms with Crippen molar-refractivity contribution in [1.82, 2.24) is 20.5 Å². The van der Waals surface area contributed by atoms with Gasteiger partial charge >= 0.3 is 11.8 Å². The molecule has 10 rings (SSSR count). The van der Waals surface area contributed by atoms with Gasteiger partial charge in [0.25, 0.3) is 23.4 Å². The SMILES string of the molecule is C=C1CCO[C@]2(C(O)C(C)(O)CO)NC(=O)[C@@]1(O)NC2=O.CO[C@H]1/C=C/O[C@@]2(C)Oc3c(C)c(O)c4c(=O)c(c5oc6cc(N7CCN(CC(C)C)CC7)cc(=O)c6nc5c4c3=C2O)NC(=O)/C(C)=C\C=C\[C@H](C)[C@H](O)[C@@H](C)[C@@H](O)[C@@H](C)[C@H](OC(C)=O)[C@@H]1C. The molecule has 26 nitrogen and oxygen atoms in total. The minimum absolute atomic E-state index is 0.0325. The summed E-state index contributed by atoms with van der Waals surface area (Å²) in [5.74, 6) is -8.52. The summed E-state index contributed by atoms with van der Waals surface area (Å²) in [7, 11) is 1.45. The molecule has 0 spiro atoms. The van der Waals surface area contributed by atoms with E-state index < -0.39 is 130 Å². The molecule has 4 aromatic rings. The number of fused-ring (bicyclic) bond motifs is 7. The van der Waals surface area contributed by atoms with E-state index >= 15 is 0 Å². The zero-order valence-electron chi connectivity index (χ0n) is 52.0. The van der Waals surface area contributed by atoms with Crippen LogP contribution in [0.25, 0.3) is 38.7 Å². The fourth-order valence-electron chi connectivity index (χ4n) is 12.1. The maximum Gasteiger partial charge on any atom is 0.307 e. The lowest BCUT2D eigenvalue weighted by atomic mass is 9.78. The average molecular weight is 1240 g/mol. The fourth-order valence-corrected chi connectivity index (χ4v) is 12.1. The molecule has 11 N–H and O–H groups in total. The van der Waals surface area contributed by atoms with Gasteiger partial charge in [-0.3, -0.25) is 33.7 Å². The molecule has 6 aliphatic rings. The van der Waals surface area contributed by atoms with E-state index in [1.54, 1.807) is 45.9 Å². The van der Waals surface area contributed by atoms with Gasteiger partial charge in [0.1, 0.15) is 40.5 Å². The number of phenolic OH excluding ortho intramolecular Hbond substituents is 1. The van der Waals surface area contributed by atoms with Crippen molar-refractivity contribution >= 4 is 73.8 Å². The number of aromatic hydroxyl groups is 1. The number of amides is 3. The summed E-state index contributed by atoms with van der Waals surface area (Å²) < 4.78 is 35.8. The maximum absolute atomic E-state index is 14.9. The highest BCUT2D eigenvalue weighted by molar-refractivity contribution is 6.17. The number of piperazine rings is 2. The number of hydrogen-bond donors (Lipinski definition) is 11. The van der Waals surface area contributed by atoms with E-state index in [0.717, 1.165) is 26.6 Å². The lowest BCUT2D eigenvalue weighted by Gasteiger charge is -2.49. The van der Waals surface area contributed by atoms with Gasteiger partial charge in [-0.15, -0.1) is 0 Å². The molecule has 89 heavy (non-hydrogen) atoms. The average Bonchev–Trinajstić information content (AvgIpc) is 1.73. The van der Waals surface area contributed by atoms with Gasteiger partial charge in [-0.1, -0.05) is 66.3 Å². The molecule has 7 heterocycles. The monoisotopic (exact) mass is 1240 g/mol. The van der Waals surface area contributed by atoms with Crippen LogP contribution in [0.3, 0.4) is 0 Å². The van der Waals surface area contributed by atoms with Crippen LogP contribution >= 0.6 is 0 Å². The van der Waals surface area contributed by atoms with Crippen LogP contribution in [0.1, 0.15) is 81.2 Å². The lowest BCUT2D eigenvalue weighted by molar-refractivity contribution is -0.230. The Morgan fingerprint density at radius 1 is 0.944 bits per heavy atom. The fraction of sp³-hybridized carbons (Fsp3) is 0.540. The molecule has 6 aliphatic heterocycles. The van der Waals surface area contributed by atoms with Gasteiger partial charge in [0.05, 0.1) is 48.4 Å². The minimum atomic E-state index is -2.31. The molecular weight excluding hydrogens is 1160 g/mol. The Hall–Kier alpha value is -7.53. The molecule has 0 radical (unpaired) electrons. The van der Waals surface area contributed by atoms with Crippen LogP contribution in [0, 0.1) is 36.5 Å². The van der Waals surface area contributed by atoms with Crippen molar-refractivity contribution in [2.24, 2.45) is 29.6 Å². The number of carbonyl (C=O) groups excluding carboxylic acids is 4. The van der Waals surface area contributed by atoms with Gasteiger partial charge in [-0.25, -0.2) is 4.98 Å². The number of ether oxygens (including phenoxy) is 5. The molecule has 2 unspecified atom stereocenters. The number of anilines is 2. The Morgan fingerprint density at radius 3 is 2.25 bits per heavy atom. The quantitative estimate of drug-likeness (QED) is 0.0520. The second kappa shape index (κ2) is 25.8. The number of phenols is 1. The summed E-state index contributed by atoms with van der Waals surface area (Å²) in [5.41, 5.74) is -8.04. The van der Waals surface area contributed by atoms with Crippen LogP contribution in [-0.4, -0.2) is 181 Å². The predicted octanol–water partition coefficient (Wildman–Crippen LogP) is 2.04. The van der Waals surface area contributed by atoms with Gasteiger partial charge < -0.3 is 89.8 Å². The second-order valence-electron chi connectivity index (χ2n) is 24.7. The van der Waals surface area contributed by atoms with Crippen molar-refractivity contribution in [2.45, 2.75) is 136 Å². The maximum atomic E-state index is 14.9. The van der Waals surface area contributed by atoms with Crippen molar-refractivity contribution < 1.29 is 88.1 Å². The van der Waals surface area contributed by atoms with E-state index in [9.17, 15) is 64.5 Å². The van der Waals surface area contributed by atoms with E-state index in [1.165, 1.54) is 59.3 Å². The topological polar surface area (TPSA) is 379 Å². The summed E-state index contributed by atoms with van der Waals surface area (Å²) in [4.78, 5) is 89.0. The first-order valence-electron chi connectivity index (χ1n) is 29.5. The van der Waals surface area contributed by atoms with Crippen molar-refractivity contribution in [3.63, 3.8) is 0 Å². The molecule has 1 aromatic heterocycles. The molecule has 6 bridgehead atoms. The number of benzene rings is 3. The molecule has 4 saturated heterocycles. The summed E-state index contributed by atoms with van der Waals surface area (Å²) >= 11 is 0. The van der Waals surface area contributed by atoms with Crippen molar-refractivity contribution in [3.05, 3.63) is 91.7 Å². The van der Waals surface area contributed by atoms with Crippen molar-refractivity contribution in [1.29, 1.82) is 0 Å². The Bertz CT molecular complexity index is 3740. The van der Waals surface area contributed by atoms with Crippen molar-refractivity contribution in [2.75, 3.05) is 63.3 Å². The minimum Gasteiger partial charge on any atom is -0.507 e. The van der Waals surface area contributed by atoms with Gasteiger partial charge in [-0.2, -0.15) is 0 Å². The van der Waals surface area contributed by atoms with Crippen molar-refractivity contribution in [3.8, 4) is 11.5 Å². The van der Waals surface area contributed by atoms with Crippen LogP contribution in [0.5, 0.6) is 11.5 Å². The largest absolute Gasteiger partial charge is 0.507 e. The van der Waals surface area contributed by atoms with E-state index in [2.05, 4.69) is 40.9 Å². The molecule has 13 atom stereocenters. The first kappa shape index (κ1) is 67.4. The van der Waals surface area contributed by atoms with Crippen LogP contribution in [0.4, 0.5) is 11.4 Å². The molecule has 484 valence electrons. The Labute approximate surface area is 512 Å². The number of methoxy groups -OCH3 is 1. The third-order valence-corrected chi connectivity index (χ3v) is 17.6. The molecule has 0 aliphatic carbocycles. The summed E-state index contributed by atoms with van der Waals surface area (Å²) in [5, 5.41) is 92.9. The summed E-state index contributed by atoms with van der Waals surface area (Å²) in [6, 6.07) is 3.16. The predicted molar refractivity (Wildman–Crippen MR) is 326 cm³/mol. The van der Waals surface area contributed by atoms with E-state index in [1.807, 2.05) is 5.32 Å². The molecule has 26 heteroatoms. The smallest absolute Gasteiger partial charge is 0.307 e. The first-order chi connectivity index (χ1) is 41.7. The standard InChI is InChI=1S/C51H64N4O13.C12H18N2O7/c1-24(2)23-54-16-18-55(19-17-54)32-21-33(57)39-35(22-32)67-48-40(52-39)36-37-44(60)30(8)47-38(36)49(62)51(10,68-47)65-20-15-34(64-11)27(5)46(66-31(9)56)29(7)43(59)28(6)42(58)25(3)13-12-14-26(4)50(63)53-41(48)45(37)61;1-6-3-4-21-12(7(16)10(2,19)5-15)9(18)13-11(6,20)8(17)14-12/h12-15,20-22,24-25,27-29,34,42-43,46,58-60,62H,16-19,23H2,1-11H3,(H,53,63);7,15-16,19-20H,1,3-5H2,2H3,(H,13,18)(H,14,17)/b13-12+,20-15+,26-14-;/t25-,27+,28+,29+,34-,42-,43+,46+,51-;7?,10?,11-,12+/m01/s1. The van der Waals surface area contributed by atoms with E-state index in [4.69, 9.17) is 38.2 Å². The van der Waals surface area contributed by atoms with Crippen LogP contribution in [0.15, 0.2) is 74.4 Å². The van der Waals surface area contributed by atoms with Gasteiger partial charge in [-0.05, 0) is 44.8 Å². The van der Waals surface area contributed by atoms with Crippen LogP contribution < -0.4 is 41.7 Å². The van der Waals surface area contributed by atoms with Crippen LogP contribution in [0.2, 0.25) is 0 Å². The summed E-state index contributed by atoms with van der Waals surface area (Å²) in [6.07, 6.45) is 1.66. The highest BCUT2D eigenvalue weighted by Crippen LogP contribution is 2.43. The lowest BCUT2D eigenvalue weighted by Crippen LogP contribution is -2.82. The number of rotatable bonds is 8. The van der Waals surface area contributed by atoms with Crippen LogP contribution in [-0.2, 0) is 38.1 Å². The van der Waals surface area contributed by atoms with E-state index in [0.29, 0.717) is 24.7 Å². The molecular formula is C63H82N6O20. The number of nitrogens with one attached hydrogen (secondary N) is 3. The molecule has 4 fully saturated rings. The van der Waals surface area contributed by atoms with E-state index in [-0.39, 0.29) is 79.4 Å². The third-order valence-electron chi connectivity index (χ3n) is 17.6. The molecule has 3 aromatic carbocycles. The molecule has 3 amide bonds. The number of aliphatic hydroxyl groups excluding tert-OH is 5. The zero-order chi connectivity index (χ0) is 65.7. The Balaban J connectivity index is 0.000000410. The van der Waals surface area contributed by atoms with Gasteiger partial charge in [0.15, 0.2) is 22.4 Å². The molecule has 0 saturated carbocycles. The number of hydrogen-bond acceptors (Lipinski definition) is 23. The normalized spacial score (nSPS) is 31.3. The van der Waals surface area contributed by atoms with Gasteiger partial charge in [0, 0.05) is 112 Å². The zero-order valence-corrected chi connectivity index (χ0v) is 52.0. The number of aliphatic hydroxyl groups is 7. The number of aromatic nitrogens is 1. The number of allylic oxidation sites excluding steroid dienone is 2. The highest BCUT2D eigenvalue weighted by Gasteiger charge is 2.63.